The number of aliphatic imine (C=N–C) groups is 1. The molecule has 2 aromatic rings. The molecule has 0 radical (unpaired) electrons. The molecule has 6 nitrogen and oxygen atoms in total. The van der Waals surface area contributed by atoms with Gasteiger partial charge in [0.25, 0.3) is 0 Å². The number of rotatable bonds is 5. The van der Waals surface area contributed by atoms with E-state index in [2.05, 4.69) is 26.9 Å². The van der Waals surface area contributed by atoms with Crippen LogP contribution < -0.4 is 16.0 Å². The van der Waals surface area contributed by atoms with E-state index in [0.717, 1.165) is 5.69 Å². The van der Waals surface area contributed by atoms with Crippen LogP contribution in [0.4, 0.5) is 5.69 Å². The Kier molecular flexibility index (Phi) is 9.49. The summed E-state index contributed by atoms with van der Waals surface area (Å²) < 4.78 is 1.77. The van der Waals surface area contributed by atoms with Gasteiger partial charge in [0.1, 0.15) is 5.15 Å². The molecule has 0 fully saturated rings. The number of anilines is 1. The summed E-state index contributed by atoms with van der Waals surface area (Å²) in [6.45, 7) is 0.503. The van der Waals surface area contributed by atoms with Gasteiger partial charge in [-0.15, -0.1) is 30.4 Å². The van der Waals surface area contributed by atoms with Crippen molar-refractivity contribution in [3.05, 3.63) is 51.8 Å². The molecule has 0 aliphatic rings. The number of terminal acetylenes is 1. The van der Waals surface area contributed by atoms with E-state index < -0.39 is 0 Å². The topological polar surface area (TPSA) is 70.4 Å². The number of carbonyl (C=O) groups is 1. The third-order valence-electron chi connectivity index (χ3n) is 3.61. The Hall–Kier alpha value is -1.89. The van der Waals surface area contributed by atoms with Crippen molar-refractivity contribution in [2.24, 2.45) is 12.0 Å². The van der Waals surface area contributed by atoms with Gasteiger partial charge in [0.2, 0.25) is 5.91 Å². The van der Waals surface area contributed by atoms with Gasteiger partial charge in [-0.05, 0) is 24.3 Å². The Morgan fingerprint density at radius 3 is 2.63 bits per heavy atom. The van der Waals surface area contributed by atoms with Gasteiger partial charge in [-0.3, -0.25) is 9.79 Å². The fraction of sp³-hybridized carbons (Fsp3) is 0.222. The van der Waals surface area contributed by atoms with Crippen LogP contribution in [0.2, 0.25) is 10.2 Å². The third kappa shape index (κ3) is 6.65. The highest BCUT2D eigenvalue weighted by atomic mass is 127. The van der Waals surface area contributed by atoms with Gasteiger partial charge in [-0.1, -0.05) is 35.2 Å². The van der Waals surface area contributed by atoms with Crippen LogP contribution in [0.5, 0.6) is 0 Å². The van der Waals surface area contributed by atoms with Crippen LogP contribution in [-0.2, 0) is 18.4 Å². The summed E-state index contributed by atoms with van der Waals surface area (Å²) in [6, 6.07) is 8.86. The van der Waals surface area contributed by atoms with Crippen LogP contribution >= 0.6 is 47.2 Å². The lowest BCUT2D eigenvalue weighted by Crippen LogP contribution is -2.41. The number of guanidine groups is 1. The molecule has 0 saturated heterocycles. The number of aromatic nitrogens is 1. The first-order valence-electron chi connectivity index (χ1n) is 7.75. The molecule has 9 heteroatoms. The van der Waals surface area contributed by atoms with Gasteiger partial charge in [0, 0.05) is 31.0 Å². The van der Waals surface area contributed by atoms with Gasteiger partial charge in [-0.2, -0.15) is 0 Å². The maximum absolute atomic E-state index is 12.1. The number of amides is 1. The number of halogens is 3. The molecular weight excluding hydrogens is 500 g/mol. The second kappa shape index (κ2) is 11.1. The molecule has 2 rings (SSSR count). The molecule has 0 aliphatic carbocycles. The van der Waals surface area contributed by atoms with Crippen molar-refractivity contribution in [2.45, 2.75) is 6.54 Å². The van der Waals surface area contributed by atoms with Crippen molar-refractivity contribution in [3.63, 3.8) is 0 Å². The molecule has 3 N–H and O–H groups in total. The molecule has 0 bridgehead atoms. The highest BCUT2D eigenvalue weighted by Crippen LogP contribution is 2.24. The maximum Gasteiger partial charge on any atom is 0.243 e. The van der Waals surface area contributed by atoms with E-state index in [1.165, 1.54) is 0 Å². The molecular formula is C18H20Cl2IN5O. The summed E-state index contributed by atoms with van der Waals surface area (Å²) in [7, 11) is 3.44. The molecule has 1 heterocycles. The molecule has 0 saturated carbocycles. The summed E-state index contributed by atoms with van der Waals surface area (Å²) in [5.41, 5.74) is 2.23. The summed E-state index contributed by atoms with van der Waals surface area (Å²) in [6.07, 6.45) is 5.35. The Morgan fingerprint density at radius 2 is 2.04 bits per heavy atom. The first-order chi connectivity index (χ1) is 12.4. The minimum absolute atomic E-state index is 0. The monoisotopic (exact) mass is 519 g/mol. The minimum Gasteiger partial charge on any atom is -0.351 e. The van der Waals surface area contributed by atoms with E-state index in [1.807, 2.05) is 7.05 Å². The van der Waals surface area contributed by atoms with Gasteiger partial charge in [0.15, 0.2) is 5.96 Å². The molecule has 0 atom stereocenters. The predicted octanol–water partition coefficient (Wildman–Crippen LogP) is 3.23. The van der Waals surface area contributed by atoms with Crippen LogP contribution in [0, 0.1) is 12.3 Å². The molecule has 0 unspecified atom stereocenters. The quantitative estimate of drug-likeness (QED) is 0.246. The van der Waals surface area contributed by atoms with E-state index in [9.17, 15) is 4.79 Å². The lowest BCUT2D eigenvalue weighted by atomic mass is 10.2. The van der Waals surface area contributed by atoms with Crippen molar-refractivity contribution in [1.82, 2.24) is 15.2 Å². The van der Waals surface area contributed by atoms with Crippen molar-refractivity contribution >= 4 is 64.7 Å². The van der Waals surface area contributed by atoms with Crippen molar-refractivity contribution in [3.8, 4) is 12.3 Å². The largest absolute Gasteiger partial charge is 0.351 e. The average molecular weight is 520 g/mol. The Morgan fingerprint density at radius 1 is 1.30 bits per heavy atom. The second-order valence-corrected chi connectivity index (χ2v) is 6.15. The van der Waals surface area contributed by atoms with Crippen LogP contribution in [-0.4, -0.2) is 30.0 Å². The van der Waals surface area contributed by atoms with Crippen molar-refractivity contribution in [1.29, 1.82) is 0 Å². The first kappa shape index (κ1) is 23.1. The molecule has 1 aromatic heterocycles. The fourth-order valence-corrected chi connectivity index (χ4v) is 2.63. The lowest BCUT2D eigenvalue weighted by molar-refractivity contribution is -0.115. The Bertz CT molecular complexity index is 873. The van der Waals surface area contributed by atoms with Gasteiger partial charge < -0.3 is 20.5 Å². The minimum atomic E-state index is -0.216. The van der Waals surface area contributed by atoms with E-state index in [4.69, 9.17) is 29.6 Å². The van der Waals surface area contributed by atoms with Gasteiger partial charge >= 0.3 is 0 Å². The molecule has 27 heavy (non-hydrogen) atoms. The number of nitrogens with one attached hydrogen (secondary N) is 3. The van der Waals surface area contributed by atoms with Crippen molar-refractivity contribution in [2.75, 3.05) is 18.9 Å². The Balaban J connectivity index is 0.00000364. The van der Waals surface area contributed by atoms with E-state index in [0.29, 0.717) is 33.9 Å². The van der Waals surface area contributed by atoms with Crippen LogP contribution in [0.3, 0.4) is 0 Å². The zero-order valence-corrected chi connectivity index (χ0v) is 18.7. The maximum atomic E-state index is 12.1. The number of benzene rings is 1. The zero-order valence-electron chi connectivity index (χ0n) is 14.8. The zero-order chi connectivity index (χ0) is 19.1. The molecule has 1 aromatic carbocycles. The number of hydrogen-bond acceptors (Lipinski definition) is 2. The van der Waals surface area contributed by atoms with E-state index in [1.54, 1.807) is 41.9 Å². The molecule has 1 amide bonds. The standard InChI is InChI=1S/C18H19Cl2N5O.HI/c1-4-12-6-5-7-13(8-12)24-16(26)11-23-18(21-2)22-10-14-9-15(19)17(20)25(14)3;/h1,5-9H,10-11H2,2-3H3,(H,24,26)(H2,21,22,23);1H. The normalized spacial score (nSPS) is 10.6. The summed E-state index contributed by atoms with van der Waals surface area (Å²) >= 11 is 12.0. The molecule has 0 aliphatic heterocycles. The van der Waals surface area contributed by atoms with Gasteiger partial charge in [0.05, 0.1) is 18.1 Å². The van der Waals surface area contributed by atoms with Crippen LogP contribution in [0.15, 0.2) is 35.3 Å². The number of hydrogen-bond donors (Lipinski definition) is 3. The summed E-state index contributed by atoms with van der Waals surface area (Å²) in [4.78, 5) is 16.1. The van der Waals surface area contributed by atoms with Crippen LogP contribution in [0.25, 0.3) is 0 Å². The smallest absolute Gasteiger partial charge is 0.243 e. The molecule has 0 spiro atoms. The lowest BCUT2D eigenvalue weighted by Gasteiger charge is -2.12. The second-order valence-electron chi connectivity index (χ2n) is 5.39. The predicted molar refractivity (Wildman–Crippen MR) is 122 cm³/mol. The third-order valence-corrected chi connectivity index (χ3v) is 4.45. The molecule has 144 valence electrons. The summed E-state index contributed by atoms with van der Waals surface area (Å²) in [5, 5.41) is 9.77. The summed E-state index contributed by atoms with van der Waals surface area (Å²) in [5.74, 6) is 2.79. The van der Waals surface area contributed by atoms with E-state index >= 15 is 0 Å². The average Bonchev–Trinajstić information content (AvgIpc) is 2.89. The van der Waals surface area contributed by atoms with Gasteiger partial charge in [-0.25, -0.2) is 0 Å². The Labute approximate surface area is 185 Å². The SMILES string of the molecule is C#Cc1cccc(NC(=O)CNC(=NC)NCc2cc(Cl)c(Cl)n2C)c1.I. The van der Waals surface area contributed by atoms with Crippen LogP contribution in [0.1, 0.15) is 11.3 Å². The highest BCUT2D eigenvalue weighted by Gasteiger charge is 2.10. The van der Waals surface area contributed by atoms with E-state index in [-0.39, 0.29) is 36.4 Å². The fourth-order valence-electron chi connectivity index (χ4n) is 2.21. The number of nitrogens with zero attached hydrogens (tertiary/aromatic N) is 2. The number of carbonyl (C=O) groups excluding carboxylic acids is 1. The van der Waals surface area contributed by atoms with Crippen molar-refractivity contribution < 1.29 is 4.79 Å². The highest BCUT2D eigenvalue weighted by molar-refractivity contribution is 14.0. The first-order valence-corrected chi connectivity index (χ1v) is 8.50.